The molecule has 0 radical (unpaired) electrons. The van der Waals surface area contributed by atoms with Crippen LogP contribution in [0.4, 0.5) is 10.1 Å². The number of rotatable bonds is 6. The second kappa shape index (κ2) is 8.35. The van der Waals surface area contributed by atoms with Crippen LogP contribution >= 0.6 is 0 Å². The second-order valence-electron chi connectivity index (χ2n) is 10.4. The van der Waals surface area contributed by atoms with Gasteiger partial charge in [-0.3, -0.25) is 19.4 Å². The van der Waals surface area contributed by atoms with Gasteiger partial charge in [0.15, 0.2) is 0 Å². The Labute approximate surface area is 209 Å². The molecule has 3 aliphatic heterocycles. The fourth-order valence-corrected chi connectivity index (χ4v) is 6.90. The Kier molecular flexibility index (Phi) is 5.47. The first-order valence-corrected chi connectivity index (χ1v) is 13.7. The maximum absolute atomic E-state index is 15.4. The number of aryl methyl sites for hydroxylation is 1. The number of carbonyl (C=O) groups is 1. The normalized spacial score (nSPS) is 23.5. The molecule has 1 atom stereocenters. The number of guanidine groups is 1. The minimum Gasteiger partial charge on any atom is -0.381 e. The average Bonchev–Trinajstić information content (AvgIpc) is 3.20. The molecule has 10 nitrogen and oxygen atoms in total. The molecule has 4 heterocycles. The fraction of sp³-hybridized carbons (Fsp3) is 0.542. The highest BCUT2D eigenvalue weighted by Crippen LogP contribution is 2.41. The van der Waals surface area contributed by atoms with Gasteiger partial charge in [-0.25, -0.2) is 17.5 Å². The molecule has 12 heteroatoms. The number of hydrogen-bond donors (Lipinski definition) is 1. The number of nitrogens with one attached hydrogen (secondary N) is 1. The molecule has 6 rings (SSSR count). The van der Waals surface area contributed by atoms with Gasteiger partial charge in [0, 0.05) is 37.6 Å². The van der Waals surface area contributed by atoms with E-state index in [1.54, 1.807) is 29.7 Å². The van der Waals surface area contributed by atoms with Gasteiger partial charge in [-0.1, -0.05) is 0 Å². The van der Waals surface area contributed by atoms with Crippen molar-refractivity contribution in [1.82, 2.24) is 19.4 Å². The summed E-state index contributed by atoms with van der Waals surface area (Å²) in [6.45, 7) is 3.76. The molecule has 1 saturated carbocycles. The van der Waals surface area contributed by atoms with E-state index in [0.717, 1.165) is 18.4 Å². The smallest absolute Gasteiger partial charge is 0.263 e. The SMILES string of the molecule is Cn1cc(CN2C(=O)c3cc(S(=O)(=O)NC4(C)CC4)c(F)cc3N3C2=NC[C@H]3C2CCOCC2)cn1. The Morgan fingerprint density at radius 2 is 2.00 bits per heavy atom. The first-order chi connectivity index (χ1) is 17.2. The lowest BCUT2D eigenvalue weighted by atomic mass is 9.90. The van der Waals surface area contributed by atoms with Gasteiger partial charge in [-0.15, -0.1) is 0 Å². The molecule has 192 valence electrons. The van der Waals surface area contributed by atoms with Gasteiger partial charge in [-0.2, -0.15) is 5.10 Å². The highest BCUT2D eigenvalue weighted by molar-refractivity contribution is 7.89. The van der Waals surface area contributed by atoms with Gasteiger partial charge in [0.1, 0.15) is 10.7 Å². The summed E-state index contributed by atoms with van der Waals surface area (Å²) >= 11 is 0. The number of fused-ring (bicyclic) bond motifs is 3. The Morgan fingerprint density at radius 1 is 1.25 bits per heavy atom. The first kappa shape index (κ1) is 23.6. The van der Waals surface area contributed by atoms with E-state index in [9.17, 15) is 13.2 Å². The number of carbonyl (C=O) groups excluding carboxylic acids is 1. The molecule has 4 aliphatic rings. The largest absolute Gasteiger partial charge is 0.381 e. The number of ether oxygens (including phenoxy) is 1. The zero-order valence-electron chi connectivity index (χ0n) is 20.3. The first-order valence-electron chi connectivity index (χ1n) is 12.2. The minimum atomic E-state index is -4.15. The minimum absolute atomic E-state index is 0.0718. The topological polar surface area (TPSA) is 109 Å². The van der Waals surface area contributed by atoms with Crippen molar-refractivity contribution in [2.24, 2.45) is 18.0 Å². The number of anilines is 1. The molecule has 1 amide bonds. The Bertz CT molecular complexity index is 1360. The van der Waals surface area contributed by atoms with Crippen molar-refractivity contribution in [3.63, 3.8) is 0 Å². The van der Waals surface area contributed by atoms with Crippen LogP contribution in [0.3, 0.4) is 0 Å². The summed E-state index contributed by atoms with van der Waals surface area (Å²) in [5, 5.41) is 4.20. The third-order valence-electron chi connectivity index (χ3n) is 7.57. The van der Waals surface area contributed by atoms with E-state index in [4.69, 9.17) is 9.73 Å². The molecule has 1 N–H and O–H groups in total. The summed E-state index contributed by atoms with van der Waals surface area (Å²) in [5.74, 6) is -0.572. The number of nitrogens with zero attached hydrogens (tertiary/aromatic N) is 5. The molecule has 0 bridgehead atoms. The quantitative estimate of drug-likeness (QED) is 0.629. The van der Waals surface area contributed by atoms with Crippen LogP contribution in [0.1, 0.15) is 48.5 Å². The van der Waals surface area contributed by atoms with Crippen LogP contribution in [-0.2, 0) is 28.4 Å². The number of hydrogen-bond acceptors (Lipinski definition) is 7. The monoisotopic (exact) mass is 516 g/mol. The molecular weight excluding hydrogens is 487 g/mol. The zero-order chi connectivity index (χ0) is 25.2. The third-order valence-corrected chi connectivity index (χ3v) is 9.23. The van der Waals surface area contributed by atoms with Gasteiger partial charge in [-0.05, 0) is 50.7 Å². The second-order valence-corrected chi connectivity index (χ2v) is 12.1. The van der Waals surface area contributed by atoms with Crippen LogP contribution in [0.2, 0.25) is 0 Å². The third kappa shape index (κ3) is 4.00. The van der Waals surface area contributed by atoms with Crippen molar-refractivity contribution in [1.29, 1.82) is 0 Å². The molecule has 1 saturated heterocycles. The van der Waals surface area contributed by atoms with Crippen molar-refractivity contribution in [3.05, 3.63) is 41.5 Å². The highest BCUT2D eigenvalue weighted by Gasteiger charge is 2.46. The van der Waals surface area contributed by atoms with Crippen LogP contribution in [0.15, 0.2) is 34.4 Å². The van der Waals surface area contributed by atoms with Gasteiger partial charge < -0.3 is 9.64 Å². The lowest BCUT2D eigenvalue weighted by molar-refractivity contribution is 0.0599. The van der Waals surface area contributed by atoms with Crippen molar-refractivity contribution in [2.45, 2.75) is 55.6 Å². The molecule has 1 aromatic carbocycles. The fourth-order valence-electron chi connectivity index (χ4n) is 5.35. The predicted molar refractivity (Wildman–Crippen MR) is 130 cm³/mol. The number of aliphatic imine (C=N–C) groups is 1. The summed E-state index contributed by atoms with van der Waals surface area (Å²) < 4.78 is 51.4. The molecule has 0 unspecified atom stereocenters. The Balaban J connectivity index is 1.44. The summed E-state index contributed by atoms with van der Waals surface area (Å²) in [6.07, 6.45) is 6.56. The van der Waals surface area contributed by atoms with E-state index < -0.39 is 32.2 Å². The maximum atomic E-state index is 15.4. The summed E-state index contributed by atoms with van der Waals surface area (Å²) in [5.41, 5.74) is 0.758. The molecular formula is C24H29FN6O4S. The Hall–Kier alpha value is -2.83. The summed E-state index contributed by atoms with van der Waals surface area (Å²) in [7, 11) is -2.35. The van der Waals surface area contributed by atoms with Crippen molar-refractivity contribution in [3.8, 4) is 0 Å². The van der Waals surface area contributed by atoms with E-state index in [1.807, 2.05) is 11.1 Å². The molecule has 0 spiro atoms. The van der Waals surface area contributed by atoms with E-state index in [0.29, 0.717) is 44.2 Å². The molecule has 2 aromatic rings. The van der Waals surface area contributed by atoms with Crippen LogP contribution in [0, 0.1) is 11.7 Å². The average molecular weight is 517 g/mol. The lowest BCUT2D eigenvalue weighted by Crippen LogP contribution is -2.54. The molecule has 2 fully saturated rings. The number of halogens is 1. The standard InChI is InChI=1S/C24H29FN6O4S/c1-24(5-6-24)28-36(33,34)21-9-17-19(10-18(21)25)31-20(16-3-7-35-8-4-16)12-26-23(31)30(22(17)32)14-15-11-27-29(2)13-15/h9-11,13,16,20,28H,3-8,12,14H2,1-2H3/t20-/m0/s1. The van der Waals surface area contributed by atoms with Gasteiger partial charge in [0.05, 0.1) is 36.6 Å². The van der Waals surface area contributed by atoms with E-state index >= 15 is 4.39 Å². The van der Waals surface area contributed by atoms with E-state index in [-0.39, 0.29) is 24.1 Å². The predicted octanol–water partition coefficient (Wildman–Crippen LogP) is 2.02. The van der Waals surface area contributed by atoms with Crippen molar-refractivity contribution in [2.75, 3.05) is 24.7 Å². The summed E-state index contributed by atoms with van der Waals surface area (Å²) in [6, 6.07) is 2.30. The summed E-state index contributed by atoms with van der Waals surface area (Å²) in [4.78, 5) is 21.5. The van der Waals surface area contributed by atoms with Crippen LogP contribution < -0.4 is 9.62 Å². The lowest BCUT2D eigenvalue weighted by Gasteiger charge is -2.41. The van der Waals surface area contributed by atoms with Gasteiger partial charge >= 0.3 is 0 Å². The van der Waals surface area contributed by atoms with Crippen molar-refractivity contribution >= 4 is 27.6 Å². The molecule has 36 heavy (non-hydrogen) atoms. The van der Waals surface area contributed by atoms with E-state index in [2.05, 4.69) is 9.82 Å². The van der Waals surface area contributed by atoms with Crippen molar-refractivity contribution < 1.29 is 22.3 Å². The number of sulfonamides is 1. The number of amides is 1. The maximum Gasteiger partial charge on any atom is 0.263 e. The van der Waals surface area contributed by atoms with Crippen LogP contribution in [-0.4, -0.2) is 66.3 Å². The van der Waals surface area contributed by atoms with E-state index in [1.165, 1.54) is 12.1 Å². The van der Waals surface area contributed by atoms with Gasteiger partial charge in [0.2, 0.25) is 16.0 Å². The van der Waals surface area contributed by atoms with Crippen LogP contribution in [0.5, 0.6) is 0 Å². The molecule has 1 aromatic heterocycles. The number of aromatic nitrogens is 2. The molecule has 1 aliphatic carbocycles. The number of benzene rings is 1. The van der Waals surface area contributed by atoms with Crippen LogP contribution in [0.25, 0.3) is 0 Å². The highest BCUT2D eigenvalue weighted by atomic mass is 32.2. The Morgan fingerprint density at radius 3 is 2.67 bits per heavy atom. The zero-order valence-corrected chi connectivity index (χ0v) is 21.1. The van der Waals surface area contributed by atoms with Gasteiger partial charge in [0.25, 0.3) is 5.91 Å².